The summed E-state index contributed by atoms with van der Waals surface area (Å²) in [5.41, 5.74) is 8.24. The van der Waals surface area contributed by atoms with Crippen LogP contribution in [0.4, 0.5) is 0 Å². The molecule has 0 fully saturated rings. The van der Waals surface area contributed by atoms with Crippen LogP contribution in [0.5, 0.6) is 11.5 Å². The van der Waals surface area contributed by atoms with E-state index in [4.69, 9.17) is 27.3 Å². The first-order chi connectivity index (χ1) is 9.51. The fraction of sp³-hybridized carbons (Fsp3) is 0.133. The second-order valence-corrected chi connectivity index (χ2v) is 4.91. The number of nitrogens with two attached hydrogens (primary N) is 1. The lowest BCUT2D eigenvalue weighted by atomic mass is 10.1. The Labute approximate surface area is 122 Å². The van der Waals surface area contributed by atoms with Crippen molar-refractivity contribution in [2.24, 2.45) is 10.9 Å². The van der Waals surface area contributed by atoms with Crippen LogP contribution in [0, 0.1) is 13.8 Å². The number of nitrogens with zero attached hydrogens (tertiary/aromatic N) is 1. The Morgan fingerprint density at radius 3 is 2.45 bits per heavy atom. The van der Waals surface area contributed by atoms with Gasteiger partial charge < -0.3 is 15.7 Å². The van der Waals surface area contributed by atoms with Gasteiger partial charge in [0.1, 0.15) is 11.5 Å². The molecule has 20 heavy (non-hydrogen) atoms. The molecule has 0 bridgehead atoms. The van der Waals surface area contributed by atoms with Crippen LogP contribution in [0.3, 0.4) is 0 Å². The van der Waals surface area contributed by atoms with Gasteiger partial charge in [-0.05, 0) is 43.7 Å². The Balaban J connectivity index is 2.30. The van der Waals surface area contributed by atoms with Crippen molar-refractivity contribution in [2.45, 2.75) is 13.8 Å². The van der Waals surface area contributed by atoms with E-state index in [2.05, 4.69) is 5.16 Å². The minimum absolute atomic E-state index is 0.00460. The highest BCUT2D eigenvalue weighted by molar-refractivity contribution is 6.32. The molecule has 0 aliphatic heterocycles. The van der Waals surface area contributed by atoms with Crippen molar-refractivity contribution in [3.63, 3.8) is 0 Å². The molecule has 2 rings (SSSR count). The topological polar surface area (TPSA) is 67.8 Å². The molecule has 0 amide bonds. The van der Waals surface area contributed by atoms with Crippen molar-refractivity contribution in [2.75, 3.05) is 0 Å². The predicted molar refractivity (Wildman–Crippen MR) is 80.0 cm³/mol. The Morgan fingerprint density at radius 1 is 1.15 bits per heavy atom. The highest BCUT2D eigenvalue weighted by Gasteiger charge is 2.08. The van der Waals surface area contributed by atoms with Crippen molar-refractivity contribution in [3.05, 3.63) is 58.1 Å². The largest absolute Gasteiger partial charge is 0.456 e. The van der Waals surface area contributed by atoms with Crippen molar-refractivity contribution < 1.29 is 9.94 Å². The third-order valence-corrected chi connectivity index (χ3v) is 3.18. The SMILES string of the molecule is Cc1ccc(Oc2ccc(C(N)=NO)cc2Cl)c(C)c1. The third-order valence-electron chi connectivity index (χ3n) is 2.89. The van der Waals surface area contributed by atoms with E-state index in [1.807, 2.05) is 32.0 Å². The lowest BCUT2D eigenvalue weighted by molar-refractivity contribution is 0.318. The van der Waals surface area contributed by atoms with Crippen LogP contribution < -0.4 is 10.5 Å². The third kappa shape index (κ3) is 3.03. The number of oxime groups is 1. The molecule has 2 aromatic rings. The zero-order valence-electron chi connectivity index (χ0n) is 11.2. The van der Waals surface area contributed by atoms with Crippen LogP contribution in [0.25, 0.3) is 0 Å². The molecule has 0 saturated carbocycles. The molecular weight excluding hydrogens is 276 g/mol. The van der Waals surface area contributed by atoms with Gasteiger partial charge >= 0.3 is 0 Å². The van der Waals surface area contributed by atoms with Crippen LogP contribution in [-0.2, 0) is 0 Å². The second-order valence-electron chi connectivity index (χ2n) is 4.50. The molecule has 0 radical (unpaired) electrons. The number of aryl methyl sites for hydroxylation is 2. The number of rotatable bonds is 3. The monoisotopic (exact) mass is 290 g/mol. The van der Waals surface area contributed by atoms with E-state index in [1.54, 1.807) is 18.2 Å². The van der Waals surface area contributed by atoms with E-state index >= 15 is 0 Å². The number of ether oxygens (including phenoxy) is 1. The van der Waals surface area contributed by atoms with Gasteiger partial charge in [-0.3, -0.25) is 0 Å². The molecule has 2 aromatic carbocycles. The quantitative estimate of drug-likeness (QED) is 0.390. The van der Waals surface area contributed by atoms with Crippen molar-refractivity contribution in [3.8, 4) is 11.5 Å². The number of benzene rings is 2. The number of halogens is 1. The zero-order valence-corrected chi connectivity index (χ0v) is 12.0. The highest BCUT2D eigenvalue weighted by Crippen LogP contribution is 2.32. The van der Waals surface area contributed by atoms with Crippen molar-refractivity contribution in [1.29, 1.82) is 0 Å². The van der Waals surface area contributed by atoms with Gasteiger partial charge in [-0.2, -0.15) is 0 Å². The van der Waals surface area contributed by atoms with E-state index in [0.717, 1.165) is 11.3 Å². The summed E-state index contributed by atoms with van der Waals surface area (Å²) in [6.07, 6.45) is 0. The Morgan fingerprint density at radius 2 is 1.85 bits per heavy atom. The summed E-state index contributed by atoms with van der Waals surface area (Å²) in [6, 6.07) is 10.9. The summed E-state index contributed by atoms with van der Waals surface area (Å²) in [5, 5.41) is 12.0. The molecule has 0 saturated heterocycles. The molecule has 104 valence electrons. The number of amidine groups is 1. The normalized spacial score (nSPS) is 11.4. The molecular formula is C15H15ClN2O2. The minimum atomic E-state index is 0.00460. The van der Waals surface area contributed by atoms with Crippen molar-refractivity contribution >= 4 is 17.4 Å². The lowest BCUT2D eigenvalue weighted by Crippen LogP contribution is -2.12. The molecule has 3 N–H and O–H groups in total. The van der Waals surface area contributed by atoms with Crippen LogP contribution in [-0.4, -0.2) is 11.0 Å². The average Bonchev–Trinajstić information content (AvgIpc) is 2.42. The maximum Gasteiger partial charge on any atom is 0.170 e. The van der Waals surface area contributed by atoms with Crippen LogP contribution in [0.15, 0.2) is 41.6 Å². The Hall–Kier alpha value is -2.20. The lowest BCUT2D eigenvalue weighted by Gasteiger charge is -2.11. The van der Waals surface area contributed by atoms with Crippen molar-refractivity contribution in [1.82, 2.24) is 0 Å². The Bertz CT molecular complexity index is 669. The summed E-state index contributed by atoms with van der Waals surface area (Å²) < 4.78 is 5.79. The molecule has 0 atom stereocenters. The summed E-state index contributed by atoms with van der Waals surface area (Å²) in [4.78, 5) is 0. The fourth-order valence-electron chi connectivity index (χ4n) is 1.83. The molecule has 0 aliphatic rings. The van der Waals surface area contributed by atoms with Gasteiger partial charge in [-0.15, -0.1) is 0 Å². The number of hydrogen-bond donors (Lipinski definition) is 2. The maximum atomic E-state index is 8.63. The summed E-state index contributed by atoms with van der Waals surface area (Å²) >= 11 is 6.15. The van der Waals surface area contributed by atoms with Gasteiger partial charge in [-0.1, -0.05) is 34.5 Å². The van der Waals surface area contributed by atoms with Gasteiger partial charge in [0.05, 0.1) is 5.02 Å². The van der Waals surface area contributed by atoms with Gasteiger partial charge in [0, 0.05) is 5.56 Å². The first-order valence-corrected chi connectivity index (χ1v) is 6.41. The summed E-state index contributed by atoms with van der Waals surface area (Å²) in [5.74, 6) is 1.27. The van der Waals surface area contributed by atoms with E-state index in [1.165, 1.54) is 5.56 Å². The molecule has 5 heteroatoms. The van der Waals surface area contributed by atoms with Crippen LogP contribution in [0.1, 0.15) is 16.7 Å². The van der Waals surface area contributed by atoms with Gasteiger partial charge in [0.2, 0.25) is 0 Å². The molecule has 0 aromatic heterocycles. The fourth-order valence-corrected chi connectivity index (χ4v) is 2.05. The summed E-state index contributed by atoms with van der Waals surface area (Å²) in [7, 11) is 0. The highest BCUT2D eigenvalue weighted by atomic mass is 35.5. The van der Waals surface area contributed by atoms with Gasteiger partial charge in [0.15, 0.2) is 5.84 Å². The van der Waals surface area contributed by atoms with E-state index < -0.39 is 0 Å². The summed E-state index contributed by atoms with van der Waals surface area (Å²) in [6.45, 7) is 4.00. The standard InChI is InChI=1S/C15H15ClN2O2/c1-9-3-5-13(10(2)7-9)20-14-6-4-11(8-12(14)16)15(17)18-19/h3-8,19H,1-2H3,(H2,17,18). The maximum absolute atomic E-state index is 8.63. The first-order valence-electron chi connectivity index (χ1n) is 6.04. The van der Waals surface area contributed by atoms with Gasteiger partial charge in [-0.25, -0.2) is 0 Å². The average molecular weight is 291 g/mol. The first kappa shape index (κ1) is 14.2. The molecule has 0 spiro atoms. The van der Waals surface area contributed by atoms with Gasteiger partial charge in [0.25, 0.3) is 0 Å². The Kier molecular flexibility index (Phi) is 4.15. The second kappa shape index (κ2) is 5.84. The van der Waals surface area contributed by atoms with Crippen LogP contribution in [0.2, 0.25) is 5.02 Å². The smallest absolute Gasteiger partial charge is 0.170 e. The molecule has 4 nitrogen and oxygen atoms in total. The molecule has 0 unspecified atom stereocenters. The zero-order chi connectivity index (χ0) is 14.7. The van der Waals surface area contributed by atoms with Crippen LogP contribution >= 0.6 is 11.6 Å². The molecule has 0 aliphatic carbocycles. The van der Waals surface area contributed by atoms with E-state index in [9.17, 15) is 0 Å². The molecule has 0 heterocycles. The number of hydrogen-bond acceptors (Lipinski definition) is 3. The van der Waals surface area contributed by atoms with E-state index in [-0.39, 0.29) is 5.84 Å². The minimum Gasteiger partial charge on any atom is -0.456 e. The van der Waals surface area contributed by atoms with E-state index in [0.29, 0.717) is 16.3 Å². The predicted octanol–water partition coefficient (Wildman–Crippen LogP) is 3.84.